The molecule has 1 heterocycles. The molecule has 1 aromatic carbocycles. The summed E-state index contributed by atoms with van der Waals surface area (Å²) >= 11 is 5.37. The second-order valence-corrected chi connectivity index (χ2v) is 4.26. The summed E-state index contributed by atoms with van der Waals surface area (Å²) in [6, 6.07) is 3.33. The van der Waals surface area contributed by atoms with Gasteiger partial charge < -0.3 is 5.73 Å². The molecule has 0 bridgehead atoms. The second kappa shape index (κ2) is 3.40. The zero-order valence-corrected chi connectivity index (χ0v) is 8.71. The van der Waals surface area contributed by atoms with Crippen LogP contribution in [-0.2, 0) is 0 Å². The molecule has 74 valence electrons. The minimum Gasteiger partial charge on any atom is -0.398 e. The van der Waals surface area contributed by atoms with E-state index in [-0.39, 0.29) is 10.5 Å². The number of thiophene rings is 1. The first-order valence-corrected chi connectivity index (χ1v) is 5.20. The zero-order valence-electron chi connectivity index (χ0n) is 7.00. The maximum atomic E-state index is 12.7. The van der Waals surface area contributed by atoms with Gasteiger partial charge in [-0.1, -0.05) is 0 Å². The van der Waals surface area contributed by atoms with E-state index in [1.54, 1.807) is 17.5 Å². The third kappa shape index (κ3) is 1.36. The van der Waals surface area contributed by atoms with Gasteiger partial charge >= 0.3 is 0 Å². The molecular formula is C9H7F2NS2. The van der Waals surface area contributed by atoms with Gasteiger partial charge in [0.1, 0.15) is 0 Å². The van der Waals surface area contributed by atoms with Gasteiger partial charge in [-0.05, 0) is 12.1 Å². The molecule has 2 N–H and O–H groups in total. The van der Waals surface area contributed by atoms with Gasteiger partial charge in [0, 0.05) is 25.9 Å². The van der Waals surface area contributed by atoms with Gasteiger partial charge in [-0.3, -0.25) is 0 Å². The Morgan fingerprint density at radius 3 is 2.71 bits per heavy atom. The van der Waals surface area contributed by atoms with Crippen LogP contribution in [0.15, 0.2) is 22.4 Å². The van der Waals surface area contributed by atoms with E-state index in [1.165, 1.54) is 11.3 Å². The van der Waals surface area contributed by atoms with Crippen molar-refractivity contribution in [2.45, 2.75) is 11.3 Å². The zero-order chi connectivity index (χ0) is 10.3. The summed E-state index contributed by atoms with van der Waals surface area (Å²) in [7, 11) is 0. The fraction of sp³-hybridized carbons (Fsp3) is 0.111. The van der Waals surface area contributed by atoms with Crippen LogP contribution in [0, 0.1) is 0 Å². The fourth-order valence-electron chi connectivity index (χ4n) is 1.39. The lowest BCUT2D eigenvalue weighted by atomic mass is 10.1. The quantitative estimate of drug-likeness (QED) is 0.719. The molecule has 2 aromatic rings. The third-order valence-corrected chi connectivity index (χ3v) is 3.36. The summed E-state index contributed by atoms with van der Waals surface area (Å²) in [6.45, 7) is 0. The first-order chi connectivity index (χ1) is 6.61. The third-order valence-electron chi connectivity index (χ3n) is 2.00. The lowest BCUT2D eigenvalue weighted by molar-refractivity contribution is 0.150. The summed E-state index contributed by atoms with van der Waals surface area (Å²) in [5, 5.41) is 2.11. The molecule has 1 nitrogen and oxygen atoms in total. The van der Waals surface area contributed by atoms with Crippen molar-refractivity contribution in [1.29, 1.82) is 0 Å². The number of thiol groups is 1. The molecule has 0 radical (unpaired) electrons. The molecule has 0 unspecified atom stereocenters. The van der Waals surface area contributed by atoms with Crippen molar-refractivity contribution in [3.8, 4) is 0 Å². The second-order valence-electron chi connectivity index (χ2n) is 2.86. The number of rotatable bonds is 1. The van der Waals surface area contributed by atoms with Crippen molar-refractivity contribution in [2.24, 2.45) is 0 Å². The van der Waals surface area contributed by atoms with E-state index in [9.17, 15) is 8.78 Å². The topological polar surface area (TPSA) is 26.0 Å². The van der Waals surface area contributed by atoms with Crippen molar-refractivity contribution in [1.82, 2.24) is 0 Å². The highest BCUT2D eigenvalue weighted by Crippen LogP contribution is 2.39. The van der Waals surface area contributed by atoms with Crippen LogP contribution in [0.3, 0.4) is 0 Å². The summed E-state index contributed by atoms with van der Waals surface area (Å²) in [4.78, 5) is 0.289. The van der Waals surface area contributed by atoms with Crippen LogP contribution < -0.4 is 5.73 Å². The summed E-state index contributed by atoms with van der Waals surface area (Å²) in [5.74, 6) is 0. The predicted molar refractivity (Wildman–Crippen MR) is 58.4 cm³/mol. The minimum atomic E-state index is -2.54. The number of hydrogen-bond acceptors (Lipinski definition) is 3. The molecule has 0 spiro atoms. The van der Waals surface area contributed by atoms with Crippen molar-refractivity contribution >= 4 is 39.7 Å². The van der Waals surface area contributed by atoms with Crippen LogP contribution in [0.25, 0.3) is 10.1 Å². The molecule has 2 rings (SSSR count). The summed E-state index contributed by atoms with van der Waals surface area (Å²) in [6.07, 6.45) is -2.54. The molecule has 5 heteroatoms. The van der Waals surface area contributed by atoms with Crippen molar-refractivity contribution < 1.29 is 8.78 Å². The van der Waals surface area contributed by atoms with Crippen molar-refractivity contribution in [2.75, 3.05) is 5.73 Å². The summed E-state index contributed by atoms with van der Waals surface area (Å²) in [5.41, 5.74) is 5.96. The van der Waals surface area contributed by atoms with E-state index < -0.39 is 6.43 Å². The highest BCUT2D eigenvalue weighted by Gasteiger charge is 2.17. The van der Waals surface area contributed by atoms with E-state index in [1.807, 2.05) is 0 Å². The normalized spacial score (nSPS) is 11.4. The number of nitrogen functional groups attached to an aromatic ring is 1. The van der Waals surface area contributed by atoms with Crippen LogP contribution in [0.1, 0.15) is 12.0 Å². The lowest BCUT2D eigenvalue weighted by Crippen LogP contribution is -1.91. The van der Waals surface area contributed by atoms with Gasteiger partial charge in [-0.2, -0.15) is 0 Å². The van der Waals surface area contributed by atoms with Gasteiger partial charge in [-0.25, -0.2) is 8.78 Å². The van der Waals surface area contributed by atoms with E-state index >= 15 is 0 Å². The van der Waals surface area contributed by atoms with Crippen molar-refractivity contribution in [3.05, 3.63) is 23.1 Å². The van der Waals surface area contributed by atoms with Gasteiger partial charge in [0.15, 0.2) is 0 Å². The molecule has 1 aromatic heterocycles. The first kappa shape index (κ1) is 9.73. The SMILES string of the molecule is Nc1csc2ccc(S)c(C(F)F)c12. The Morgan fingerprint density at radius 1 is 1.36 bits per heavy atom. The van der Waals surface area contributed by atoms with Crippen molar-refractivity contribution in [3.63, 3.8) is 0 Å². The molecule has 0 saturated carbocycles. The standard InChI is InChI=1S/C9H7F2NS2/c10-9(11)8-5(13)1-2-6-7(8)4(12)3-14-6/h1-3,9,13H,12H2. The minimum absolute atomic E-state index is 0.0652. The van der Waals surface area contributed by atoms with Crippen LogP contribution in [-0.4, -0.2) is 0 Å². The van der Waals surface area contributed by atoms with Crippen LogP contribution in [0.4, 0.5) is 14.5 Å². The molecule has 0 amide bonds. The molecule has 0 aliphatic rings. The van der Waals surface area contributed by atoms with Gasteiger partial charge in [0.2, 0.25) is 0 Å². The number of fused-ring (bicyclic) bond motifs is 1. The van der Waals surface area contributed by atoms with Crippen LogP contribution in [0.2, 0.25) is 0 Å². The first-order valence-electron chi connectivity index (χ1n) is 3.88. The lowest BCUT2D eigenvalue weighted by Gasteiger charge is -2.06. The van der Waals surface area contributed by atoms with Gasteiger partial charge in [0.05, 0.1) is 5.69 Å². The number of anilines is 1. The molecule has 0 aliphatic carbocycles. The molecule has 0 fully saturated rings. The van der Waals surface area contributed by atoms with E-state index in [0.29, 0.717) is 11.1 Å². The Morgan fingerprint density at radius 2 is 2.07 bits per heavy atom. The largest absolute Gasteiger partial charge is 0.398 e. The maximum absolute atomic E-state index is 12.7. The Bertz CT molecular complexity index is 479. The number of nitrogens with two attached hydrogens (primary N) is 1. The Balaban J connectivity index is 2.87. The molecule has 0 atom stereocenters. The monoisotopic (exact) mass is 231 g/mol. The molecule has 14 heavy (non-hydrogen) atoms. The highest BCUT2D eigenvalue weighted by molar-refractivity contribution is 7.80. The molecule has 0 aliphatic heterocycles. The predicted octanol–water partition coefficient (Wildman–Crippen LogP) is 3.71. The highest BCUT2D eigenvalue weighted by atomic mass is 32.1. The number of alkyl halides is 2. The van der Waals surface area contributed by atoms with E-state index in [4.69, 9.17) is 5.73 Å². The van der Waals surface area contributed by atoms with Crippen LogP contribution >= 0.6 is 24.0 Å². The van der Waals surface area contributed by atoms with E-state index in [2.05, 4.69) is 12.6 Å². The molecular weight excluding hydrogens is 224 g/mol. The Hall–Kier alpha value is -0.810. The van der Waals surface area contributed by atoms with Gasteiger partial charge in [-0.15, -0.1) is 24.0 Å². The number of hydrogen-bond donors (Lipinski definition) is 2. The fourth-order valence-corrected chi connectivity index (χ4v) is 2.54. The van der Waals surface area contributed by atoms with E-state index in [0.717, 1.165) is 4.70 Å². The number of benzene rings is 1. The smallest absolute Gasteiger partial charge is 0.265 e. The van der Waals surface area contributed by atoms with Gasteiger partial charge in [0.25, 0.3) is 6.43 Å². The Labute approximate surface area is 88.9 Å². The molecule has 0 saturated heterocycles. The Kier molecular flexibility index (Phi) is 2.36. The average Bonchev–Trinajstić information content (AvgIpc) is 2.47. The number of halogens is 2. The summed E-state index contributed by atoms with van der Waals surface area (Å²) < 4.78 is 26.2. The maximum Gasteiger partial charge on any atom is 0.265 e. The average molecular weight is 231 g/mol. The van der Waals surface area contributed by atoms with Crippen LogP contribution in [0.5, 0.6) is 0 Å².